The van der Waals surface area contributed by atoms with E-state index in [1.165, 1.54) is 0 Å². The van der Waals surface area contributed by atoms with Gasteiger partial charge in [-0.15, -0.1) is 0 Å². The Labute approximate surface area is 91.7 Å². The van der Waals surface area contributed by atoms with Crippen molar-refractivity contribution in [3.05, 3.63) is 0 Å². The summed E-state index contributed by atoms with van der Waals surface area (Å²) in [6, 6.07) is -0.00339. The molecule has 0 radical (unpaired) electrons. The van der Waals surface area contributed by atoms with Crippen LogP contribution in [-0.2, 0) is 0 Å². The number of rotatable bonds is 6. The van der Waals surface area contributed by atoms with Crippen LogP contribution in [-0.4, -0.2) is 41.6 Å². The first-order chi connectivity index (χ1) is 6.72. The summed E-state index contributed by atoms with van der Waals surface area (Å²) in [5.74, 6) is 0.0558. The van der Waals surface area contributed by atoms with Crippen molar-refractivity contribution in [3.8, 4) is 0 Å². The van der Waals surface area contributed by atoms with Gasteiger partial charge in [0, 0.05) is 24.8 Å². The van der Waals surface area contributed by atoms with E-state index >= 15 is 0 Å². The lowest BCUT2D eigenvalue weighted by Crippen LogP contribution is -2.34. The molecule has 0 heterocycles. The summed E-state index contributed by atoms with van der Waals surface area (Å²) in [6.07, 6.45) is 0.382. The van der Waals surface area contributed by atoms with Gasteiger partial charge in [0.05, 0.1) is 5.84 Å². The van der Waals surface area contributed by atoms with Gasteiger partial charge in [-0.2, -0.15) is 13.2 Å². The highest BCUT2D eigenvalue weighted by Crippen LogP contribution is 2.29. The molecular weight excluding hydrogens is 227 g/mol. The number of thioether (sulfide) groups is 1. The van der Waals surface area contributed by atoms with Crippen molar-refractivity contribution in [2.24, 2.45) is 5.73 Å². The third-order valence-electron chi connectivity index (χ3n) is 1.98. The van der Waals surface area contributed by atoms with Crippen molar-refractivity contribution < 1.29 is 13.2 Å². The molecule has 1 unspecified atom stereocenters. The molecule has 0 amide bonds. The summed E-state index contributed by atoms with van der Waals surface area (Å²) < 4.78 is 35.4. The second kappa shape index (κ2) is 6.22. The van der Waals surface area contributed by atoms with E-state index in [0.29, 0.717) is 13.0 Å². The fourth-order valence-corrected chi connectivity index (χ4v) is 1.61. The highest BCUT2D eigenvalue weighted by atomic mass is 32.2. The van der Waals surface area contributed by atoms with E-state index in [-0.39, 0.29) is 29.4 Å². The molecule has 1 atom stereocenters. The number of hydrogen-bond acceptors (Lipinski definition) is 3. The molecule has 0 aliphatic heterocycles. The summed E-state index contributed by atoms with van der Waals surface area (Å²) in [7, 11) is 1.73. The number of nitrogens with two attached hydrogens (primary N) is 1. The van der Waals surface area contributed by atoms with Crippen molar-refractivity contribution >= 4 is 17.6 Å². The number of hydrogen-bond donors (Lipinski definition) is 2. The number of halogens is 3. The largest absolute Gasteiger partial charge is 0.441 e. The first-order valence-corrected chi connectivity index (χ1v) is 5.44. The molecule has 0 aromatic rings. The van der Waals surface area contributed by atoms with Gasteiger partial charge in [0.1, 0.15) is 0 Å². The summed E-state index contributed by atoms with van der Waals surface area (Å²) in [6.45, 7) is 2.16. The van der Waals surface area contributed by atoms with Gasteiger partial charge in [-0.3, -0.25) is 5.41 Å². The lowest BCUT2D eigenvalue weighted by molar-refractivity contribution is -0.0328. The van der Waals surface area contributed by atoms with Gasteiger partial charge in [0.2, 0.25) is 0 Å². The average molecular weight is 243 g/mol. The molecule has 0 aromatic heterocycles. The van der Waals surface area contributed by atoms with E-state index in [1.54, 1.807) is 11.9 Å². The zero-order valence-electron chi connectivity index (χ0n) is 8.77. The Bertz CT molecular complexity index is 208. The predicted molar refractivity (Wildman–Crippen MR) is 57.1 cm³/mol. The van der Waals surface area contributed by atoms with Crippen LogP contribution in [0.1, 0.15) is 13.3 Å². The standard InChI is InChI=1S/C8H16F3N3S/c1-6(5-7(12)13)14(2)3-4-15-8(9,10)11/h6H,3-5H2,1-2H3,(H3,12,13). The Kier molecular flexibility index (Phi) is 6.04. The Balaban J connectivity index is 3.73. The second-order valence-corrected chi connectivity index (χ2v) is 4.51. The molecule has 0 aromatic carbocycles. The van der Waals surface area contributed by atoms with Gasteiger partial charge in [-0.25, -0.2) is 0 Å². The topological polar surface area (TPSA) is 53.1 Å². The second-order valence-electron chi connectivity index (χ2n) is 3.35. The van der Waals surface area contributed by atoms with E-state index < -0.39 is 5.51 Å². The first kappa shape index (κ1) is 14.6. The van der Waals surface area contributed by atoms with Gasteiger partial charge in [0.15, 0.2) is 0 Å². The van der Waals surface area contributed by atoms with Crippen molar-refractivity contribution in [3.63, 3.8) is 0 Å². The lowest BCUT2D eigenvalue weighted by atomic mass is 10.2. The Morgan fingerprint density at radius 2 is 2.07 bits per heavy atom. The van der Waals surface area contributed by atoms with Crippen LogP contribution in [0, 0.1) is 5.41 Å². The van der Waals surface area contributed by atoms with Crippen LogP contribution in [0.25, 0.3) is 0 Å². The molecule has 0 aliphatic carbocycles. The van der Waals surface area contributed by atoms with E-state index in [2.05, 4.69) is 0 Å². The zero-order valence-corrected chi connectivity index (χ0v) is 9.58. The molecule has 7 heteroatoms. The van der Waals surface area contributed by atoms with Gasteiger partial charge in [-0.05, 0) is 25.7 Å². The third kappa shape index (κ3) is 8.56. The fraction of sp³-hybridized carbons (Fsp3) is 0.875. The van der Waals surface area contributed by atoms with Crippen LogP contribution in [0.15, 0.2) is 0 Å². The fourth-order valence-electron chi connectivity index (χ4n) is 1.000. The zero-order chi connectivity index (χ0) is 12.1. The van der Waals surface area contributed by atoms with Crippen molar-refractivity contribution in [1.82, 2.24) is 4.90 Å². The van der Waals surface area contributed by atoms with Crippen molar-refractivity contribution in [2.75, 3.05) is 19.3 Å². The highest BCUT2D eigenvalue weighted by molar-refractivity contribution is 8.00. The van der Waals surface area contributed by atoms with Gasteiger partial charge in [-0.1, -0.05) is 0 Å². The van der Waals surface area contributed by atoms with E-state index in [0.717, 1.165) is 0 Å². The van der Waals surface area contributed by atoms with Crippen LogP contribution < -0.4 is 5.73 Å². The molecule has 0 spiro atoms. The smallest absolute Gasteiger partial charge is 0.388 e. The normalized spacial score (nSPS) is 14.3. The average Bonchev–Trinajstić information content (AvgIpc) is 2.00. The maximum absolute atomic E-state index is 11.8. The summed E-state index contributed by atoms with van der Waals surface area (Å²) in [4.78, 5) is 1.76. The molecule has 0 bridgehead atoms. The minimum Gasteiger partial charge on any atom is -0.388 e. The number of nitrogens with zero attached hydrogens (tertiary/aromatic N) is 1. The number of nitrogens with one attached hydrogen (secondary N) is 1. The van der Waals surface area contributed by atoms with Crippen LogP contribution in [0.2, 0.25) is 0 Å². The van der Waals surface area contributed by atoms with Crippen LogP contribution in [0.3, 0.4) is 0 Å². The maximum atomic E-state index is 11.8. The summed E-state index contributed by atoms with van der Waals surface area (Å²) in [5.41, 5.74) is 1.04. The lowest BCUT2D eigenvalue weighted by Gasteiger charge is -2.24. The molecule has 3 N–H and O–H groups in total. The molecular formula is C8H16F3N3S. The van der Waals surface area contributed by atoms with E-state index in [9.17, 15) is 13.2 Å². The molecule has 3 nitrogen and oxygen atoms in total. The molecule has 0 rings (SSSR count). The minimum atomic E-state index is -4.16. The van der Waals surface area contributed by atoms with Crippen molar-refractivity contribution in [2.45, 2.75) is 24.9 Å². The predicted octanol–water partition coefficient (Wildman–Crippen LogP) is 1.89. The summed E-state index contributed by atoms with van der Waals surface area (Å²) >= 11 is -0.0284. The molecule has 0 saturated heterocycles. The van der Waals surface area contributed by atoms with Gasteiger partial charge < -0.3 is 10.6 Å². The number of alkyl halides is 3. The van der Waals surface area contributed by atoms with Gasteiger partial charge in [0.25, 0.3) is 0 Å². The monoisotopic (exact) mass is 243 g/mol. The Morgan fingerprint density at radius 1 is 1.53 bits per heavy atom. The third-order valence-corrected chi connectivity index (χ3v) is 2.69. The van der Waals surface area contributed by atoms with E-state index in [4.69, 9.17) is 11.1 Å². The minimum absolute atomic E-state index is 0.00223. The number of amidine groups is 1. The van der Waals surface area contributed by atoms with Crippen LogP contribution in [0.4, 0.5) is 13.2 Å². The van der Waals surface area contributed by atoms with Crippen LogP contribution >= 0.6 is 11.8 Å². The Morgan fingerprint density at radius 3 is 2.47 bits per heavy atom. The molecule has 90 valence electrons. The highest BCUT2D eigenvalue weighted by Gasteiger charge is 2.27. The maximum Gasteiger partial charge on any atom is 0.441 e. The summed E-state index contributed by atoms with van der Waals surface area (Å²) in [5, 5.41) is 7.06. The molecule has 0 saturated carbocycles. The first-order valence-electron chi connectivity index (χ1n) is 4.46. The van der Waals surface area contributed by atoms with E-state index in [1.807, 2.05) is 6.92 Å². The molecule has 0 fully saturated rings. The quantitative estimate of drug-likeness (QED) is 0.553. The Hall–Kier alpha value is -0.430. The SMILES string of the molecule is CC(CC(=N)N)N(C)CCSC(F)(F)F. The van der Waals surface area contributed by atoms with Crippen molar-refractivity contribution in [1.29, 1.82) is 5.41 Å². The van der Waals surface area contributed by atoms with Gasteiger partial charge >= 0.3 is 5.51 Å². The van der Waals surface area contributed by atoms with Crippen LogP contribution in [0.5, 0.6) is 0 Å². The molecule has 0 aliphatic rings. The molecule has 15 heavy (non-hydrogen) atoms.